The molecule has 0 spiro atoms. The second-order valence-electron chi connectivity index (χ2n) is 6.76. The molecule has 0 aliphatic rings. The number of rotatable bonds is 8. The Morgan fingerprint density at radius 1 is 1.07 bits per heavy atom. The molecule has 2 rings (SSSR count). The average molecular weight is 391 g/mol. The van der Waals surface area contributed by atoms with Gasteiger partial charge in [0.1, 0.15) is 5.75 Å². The summed E-state index contributed by atoms with van der Waals surface area (Å²) >= 11 is 0. The molecule has 2 aromatic rings. The highest BCUT2D eigenvalue weighted by molar-refractivity contribution is 7.92. The number of carbonyl (C=O) groups excluding carboxylic acids is 1. The summed E-state index contributed by atoms with van der Waals surface area (Å²) in [6.07, 6.45) is 0. The lowest BCUT2D eigenvalue weighted by atomic mass is 10.1. The summed E-state index contributed by atoms with van der Waals surface area (Å²) in [6, 6.07) is 12.3. The van der Waals surface area contributed by atoms with Crippen LogP contribution in [0.3, 0.4) is 0 Å². The quantitative estimate of drug-likeness (QED) is 0.640. The van der Waals surface area contributed by atoms with Crippen molar-refractivity contribution in [3.8, 4) is 5.75 Å². The predicted molar refractivity (Wildman–Crippen MR) is 105 cm³/mol. The number of hydrogen-bond acceptors (Lipinski definition) is 5. The fourth-order valence-electron chi connectivity index (χ4n) is 2.20. The maximum Gasteiger partial charge on any atom is 0.261 e. The molecule has 0 saturated carbocycles. The highest BCUT2D eigenvalue weighted by atomic mass is 32.2. The van der Waals surface area contributed by atoms with E-state index in [0.717, 1.165) is 0 Å². The number of nitrogens with one attached hydrogen (secondary N) is 2. The Balaban J connectivity index is 2.07. The van der Waals surface area contributed by atoms with E-state index in [4.69, 9.17) is 10.5 Å². The van der Waals surface area contributed by atoms with Gasteiger partial charge in [0.15, 0.2) is 0 Å². The van der Waals surface area contributed by atoms with E-state index in [2.05, 4.69) is 10.0 Å². The van der Waals surface area contributed by atoms with Gasteiger partial charge in [-0.2, -0.15) is 0 Å². The average Bonchev–Trinajstić information content (AvgIpc) is 2.61. The van der Waals surface area contributed by atoms with Crippen molar-refractivity contribution >= 4 is 21.6 Å². The zero-order valence-electron chi connectivity index (χ0n) is 15.7. The first-order chi connectivity index (χ1) is 12.6. The van der Waals surface area contributed by atoms with Crippen LogP contribution in [-0.4, -0.2) is 33.0 Å². The van der Waals surface area contributed by atoms with Gasteiger partial charge in [-0.15, -0.1) is 0 Å². The molecule has 0 aromatic heterocycles. The lowest BCUT2D eigenvalue weighted by molar-refractivity contribution is 0.0946. The van der Waals surface area contributed by atoms with Crippen molar-refractivity contribution < 1.29 is 17.9 Å². The number of nitrogens with two attached hydrogens (primary N) is 1. The van der Waals surface area contributed by atoms with Crippen LogP contribution in [-0.2, 0) is 10.0 Å². The van der Waals surface area contributed by atoms with Crippen molar-refractivity contribution in [1.29, 1.82) is 0 Å². The van der Waals surface area contributed by atoms with Gasteiger partial charge in [0.25, 0.3) is 15.9 Å². The molecule has 4 N–H and O–H groups in total. The molecule has 2 aromatic carbocycles. The third-order valence-corrected chi connectivity index (χ3v) is 4.95. The highest BCUT2D eigenvalue weighted by Gasteiger charge is 2.17. The number of amides is 1. The van der Waals surface area contributed by atoms with E-state index < -0.39 is 15.6 Å². The maximum atomic E-state index is 12.5. The number of carbonyl (C=O) groups is 1. The van der Waals surface area contributed by atoms with Crippen molar-refractivity contribution in [2.75, 3.05) is 17.9 Å². The first kappa shape index (κ1) is 20.7. The van der Waals surface area contributed by atoms with Crippen LogP contribution in [0, 0.1) is 0 Å². The Morgan fingerprint density at radius 2 is 1.67 bits per heavy atom. The van der Waals surface area contributed by atoms with Gasteiger partial charge in [0.2, 0.25) is 0 Å². The fraction of sp³-hybridized carbons (Fsp3) is 0.316. The zero-order valence-corrected chi connectivity index (χ0v) is 16.5. The molecular weight excluding hydrogens is 366 g/mol. The third kappa shape index (κ3) is 6.26. The molecule has 0 saturated heterocycles. The molecule has 0 fully saturated rings. The normalized spacial score (nSPS) is 11.7. The van der Waals surface area contributed by atoms with Gasteiger partial charge in [0.05, 0.1) is 11.5 Å². The second-order valence-corrected chi connectivity index (χ2v) is 8.44. The molecule has 7 nitrogen and oxygen atoms in total. The second kappa shape index (κ2) is 8.41. The van der Waals surface area contributed by atoms with Crippen LogP contribution in [0.4, 0.5) is 5.69 Å². The van der Waals surface area contributed by atoms with E-state index in [1.54, 1.807) is 38.1 Å². The molecule has 0 aliphatic carbocycles. The van der Waals surface area contributed by atoms with Crippen LogP contribution in [0.15, 0.2) is 53.4 Å². The van der Waals surface area contributed by atoms with Gasteiger partial charge in [0, 0.05) is 23.3 Å². The van der Waals surface area contributed by atoms with E-state index in [9.17, 15) is 13.2 Å². The molecule has 0 unspecified atom stereocenters. The summed E-state index contributed by atoms with van der Waals surface area (Å²) in [4.78, 5) is 12.1. The molecule has 146 valence electrons. The molecule has 8 heteroatoms. The fourth-order valence-corrected chi connectivity index (χ4v) is 3.25. The standard InChI is InChI=1S/C19H25N3O4S/c1-4-26-16-9-7-15(8-10-16)22-27(24,25)17-11-5-14(6-12-17)18(23)21-13-19(2,3)20/h5-12,22H,4,13,20H2,1-3H3,(H,21,23). The van der Waals surface area contributed by atoms with E-state index in [1.807, 2.05) is 6.92 Å². The lowest BCUT2D eigenvalue weighted by Gasteiger charge is -2.18. The number of ether oxygens (including phenoxy) is 1. The van der Waals surface area contributed by atoms with Gasteiger partial charge in [-0.1, -0.05) is 0 Å². The van der Waals surface area contributed by atoms with Crippen molar-refractivity contribution in [1.82, 2.24) is 5.32 Å². The van der Waals surface area contributed by atoms with Gasteiger partial charge >= 0.3 is 0 Å². The smallest absolute Gasteiger partial charge is 0.261 e. The van der Waals surface area contributed by atoms with Crippen molar-refractivity contribution in [3.63, 3.8) is 0 Å². The van der Waals surface area contributed by atoms with Crippen LogP contribution in [0.2, 0.25) is 0 Å². The summed E-state index contributed by atoms with van der Waals surface area (Å²) in [6.45, 7) is 6.32. The molecule has 0 atom stereocenters. The van der Waals surface area contributed by atoms with Crippen LogP contribution >= 0.6 is 0 Å². The SMILES string of the molecule is CCOc1ccc(NS(=O)(=O)c2ccc(C(=O)NCC(C)(C)N)cc2)cc1. The van der Waals surface area contributed by atoms with Crippen molar-refractivity contribution in [2.24, 2.45) is 5.73 Å². The summed E-state index contributed by atoms with van der Waals surface area (Å²) in [5.74, 6) is 0.355. The van der Waals surface area contributed by atoms with Crippen LogP contribution in [0.1, 0.15) is 31.1 Å². The van der Waals surface area contributed by atoms with E-state index in [-0.39, 0.29) is 10.8 Å². The van der Waals surface area contributed by atoms with Crippen LogP contribution < -0.4 is 20.5 Å². The molecule has 0 bridgehead atoms. The van der Waals surface area contributed by atoms with Gasteiger partial charge in [-0.05, 0) is 69.3 Å². The summed E-state index contributed by atoms with van der Waals surface area (Å²) in [5, 5.41) is 2.71. The van der Waals surface area contributed by atoms with E-state index >= 15 is 0 Å². The number of sulfonamides is 1. The van der Waals surface area contributed by atoms with Crippen molar-refractivity contribution in [2.45, 2.75) is 31.2 Å². The molecule has 0 heterocycles. The van der Waals surface area contributed by atoms with Gasteiger partial charge in [-0.25, -0.2) is 8.42 Å². The van der Waals surface area contributed by atoms with Crippen molar-refractivity contribution in [3.05, 3.63) is 54.1 Å². The molecular formula is C19H25N3O4S. The monoisotopic (exact) mass is 391 g/mol. The summed E-state index contributed by atoms with van der Waals surface area (Å²) in [5.41, 5.74) is 6.09. The molecule has 0 aliphatic heterocycles. The number of anilines is 1. The first-order valence-electron chi connectivity index (χ1n) is 8.53. The van der Waals surface area contributed by atoms with Gasteiger partial charge < -0.3 is 15.8 Å². The minimum atomic E-state index is -3.76. The first-order valence-corrected chi connectivity index (χ1v) is 10.0. The van der Waals surface area contributed by atoms with Crippen LogP contribution in [0.25, 0.3) is 0 Å². The highest BCUT2D eigenvalue weighted by Crippen LogP contribution is 2.20. The third-order valence-electron chi connectivity index (χ3n) is 3.55. The van der Waals surface area contributed by atoms with Gasteiger partial charge in [-0.3, -0.25) is 9.52 Å². The van der Waals surface area contributed by atoms with E-state index in [0.29, 0.717) is 30.2 Å². The van der Waals surface area contributed by atoms with Crippen LogP contribution in [0.5, 0.6) is 5.75 Å². The Labute approximate surface area is 160 Å². The Bertz CT molecular complexity index is 871. The maximum absolute atomic E-state index is 12.5. The number of hydrogen-bond donors (Lipinski definition) is 3. The summed E-state index contributed by atoms with van der Waals surface area (Å²) in [7, 11) is -3.76. The van der Waals surface area contributed by atoms with E-state index in [1.165, 1.54) is 24.3 Å². The minimum Gasteiger partial charge on any atom is -0.494 e. The lowest BCUT2D eigenvalue weighted by Crippen LogP contribution is -2.45. The topological polar surface area (TPSA) is 111 Å². The Morgan fingerprint density at radius 3 is 2.19 bits per heavy atom. The summed E-state index contributed by atoms with van der Waals surface area (Å²) < 4.78 is 32.8. The Kier molecular flexibility index (Phi) is 6.45. The zero-order chi connectivity index (χ0) is 20.1. The largest absolute Gasteiger partial charge is 0.494 e. The molecule has 1 amide bonds. The minimum absolute atomic E-state index is 0.0621. The molecule has 27 heavy (non-hydrogen) atoms. The number of benzene rings is 2. The predicted octanol–water partition coefficient (Wildman–Crippen LogP) is 2.35. The molecule has 0 radical (unpaired) electrons. The Hall–Kier alpha value is -2.58.